The van der Waals surface area contributed by atoms with Gasteiger partial charge in [0.05, 0.1) is 0 Å². The highest BCUT2D eigenvalue weighted by atomic mass is 79.9. The molecule has 3 nitrogen and oxygen atoms in total. The summed E-state index contributed by atoms with van der Waals surface area (Å²) in [6.45, 7) is 4.89. The third kappa shape index (κ3) is 3.02. The molecule has 1 heterocycles. The maximum atomic E-state index is 12.6. The van der Waals surface area contributed by atoms with E-state index in [-0.39, 0.29) is 11.3 Å². The van der Waals surface area contributed by atoms with Crippen molar-refractivity contribution in [2.45, 2.75) is 25.2 Å². The summed E-state index contributed by atoms with van der Waals surface area (Å²) in [4.78, 5) is 14.5. The van der Waals surface area contributed by atoms with Gasteiger partial charge in [0.25, 0.3) is 0 Å². The van der Waals surface area contributed by atoms with Gasteiger partial charge in [-0.3, -0.25) is 4.79 Å². The zero-order valence-corrected chi connectivity index (χ0v) is 14.3. The molecule has 1 aromatic rings. The van der Waals surface area contributed by atoms with Crippen molar-refractivity contribution >= 4 is 21.8 Å². The number of carbonyl (C=O) groups is 1. The van der Waals surface area contributed by atoms with Gasteiger partial charge in [-0.25, -0.2) is 0 Å². The topological polar surface area (TPSA) is 32.3 Å². The van der Waals surface area contributed by atoms with Gasteiger partial charge in [0.1, 0.15) is 0 Å². The third-order valence-corrected chi connectivity index (χ3v) is 5.66. The molecule has 1 atom stereocenters. The minimum Gasteiger partial charge on any atom is -0.345 e. The second-order valence-electron chi connectivity index (χ2n) is 6.69. The maximum absolute atomic E-state index is 12.6. The number of hydrogen-bond acceptors (Lipinski definition) is 2. The van der Waals surface area contributed by atoms with E-state index in [1.54, 1.807) is 0 Å². The van der Waals surface area contributed by atoms with Crippen molar-refractivity contribution in [3.8, 4) is 0 Å². The fourth-order valence-electron chi connectivity index (χ4n) is 3.24. The number of rotatable bonds is 5. The van der Waals surface area contributed by atoms with E-state index in [2.05, 4.69) is 52.4 Å². The van der Waals surface area contributed by atoms with Gasteiger partial charge in [-0.15, -0.1) is 0 Å². The van der Waals surface area contributed by atoms with Gasteiger partial charge in [0.2, 0.25) is 5.91 Å². The number of nitrogens with zero attached hydrogens (tertiary/aromatic N) is 1. The molecule has 21 heavy (non-hydrogen) atoms. The van der Waals surface area contributed by atoms with Crippen LogP contribution < -0.4 is 5.32 Å². The van der Waals surface area contributed by atoms with Crippen molar-refractivity contribution in [1.82, 2.24) is 10.2 Å². The highest BCUT2D eigenvalue weighted by Crippen LogP contribution is 2.49. The fourth-order valence-corrected chi connectivity index (χ4v) is 3.50. The summed E-state index contributed by atoms with van der Waals surface area (Å²) in [6.07, 6.45) is 2.37. The van der Waals surface area contributed by atoms with Gasteiger partial charge < -0.3 is 10.2 Å². The molecule has 4 heteroatoms. The van der Waals surface area contributed by atoms with E-state index in [9.17, 15) is 4.79 Å². The van der Waals surface area contributed by atoms with Crippen LogP contribution >= 0.6 is 15.9 Å². The lowest BCUT2D eigenvalue weighted by Crippen LogP contribution is -2.50. The van der Waals surface area contributed by atoms with Crippen LogP contribution in [0.5, 0.6) is 0 Å². The summed E-state index contributed by atoms with van der Waals surface area (Å²) in [6, 6.07) is 8.57. The Hall–Kier alpha value is -0.870. The lowest BCUT2D eigenvalue weighted by molar-refractivity contribution is -0.136. The lowest BCUT2D eigenvalue weighted by Gasteiger charge is -2.35. The van der Waals surface area contributed by atoms with Crippen LogP contribution in [-0.2, 0) is 10.2 Å². The molecule has 0 aromatic heterocycles. The van der Waals surface area contributed by atoms with Gasteiger partial charge in [-0.05, 0) is 49.5 Å². The normalized spacial score (nSPS) is 21.5. The van der Waals surface area contributed by atoms with Crippen LogP contribution in [0.25, 0.3) is 0 Å². The Bertz CT molecular complexity index is 520. The van der Waals surface area contributed by atoms with Crippen LogP contribution in [0.4, 0.5) is 0 Å². The van der Waals surface area contributed by atoms with Crippen LogP contribution in [0.3, 0.4) is 0 Å². The Morgan fingerprint density at radius 1 is 1.38 bits per heavy atom. The average Bonchev–Trinajstić information content (AvgIpc) is 3.17. The van der Waals surface area contributed by atoms with Gasteiger partial charge in [-0.1, -0.05) is 35.0 Å². The largest absolute Gasteiger partial charge is 0.345 e. The van der Waals surface area contributed by atoms with E-state index >= 15 is 0 Å². The molecule has 3 rings (SSSR count). The molecule has 0 bridgehead atoms. The van der Waals surface area contributed by atoms with Crippen molar-refractivity contribution in [2.75, 3.05) is 26.7 Å². The highest BCUT2D eigenvalue weighted by molar-refractivity contribution is 9.10. The van der Waals surface area contributed by atoms with E-state index in [0.29, 0.717) is 11.8 Å². The quantitative estimate of drug-likeness (QED) is 0.885. The summed E-state index contributed by atoms with van der Waals surface area (Å²) in [7, 11) is 1.96. The standard InChI is InChI=1S/C17H23BrN2O/c1-12(13-9-19-10-13)16(21)20(2)11-17(7-8-17)14-3-5-15(18)6-4-14/h3-6,12-13,19H,7-11H2,1-2H3. The molecule has 1 aliphatic carbocycles. The molecule has 0 spiro atoms. The Morgan fingerprint density at radius 3 is 2.48 bits per heavy atom. The number of hydrogen-bond donors (Lipinski definition) is 1. The Balaban J connectivity index is 1.65. The number of likely N-dealkylation sites (N-methyl/N-ethyl adjacent to an activating group) is 1. The Labute approximate surface area is 135 Å². The molecule has 2 aliphatic rings. The van der Waals surface area contributed by atoms with Crippen molar-refractivity contribution in [1.29, 1.82) is 0 Å². The summed E-state index contributed by atoms with van der Waals surface area (Å²) in [5.41, 5.74) is 1.56. The minimum absolute atomic E-state index is 0.136. The van der Waals surface area contributed by atoms with Crippen molar-refractivity contribution in [3.63, 3.8) is 0 Å². The molecule has 114 valence electrons. The van der Waals surface area contributed by atoms with E-state index in [4.69, 9.17) is 0 Å². The SMILES string of the molecule is CC(C(=O)N(C)CC1(c2ccc(Br)cc2)CC1)C1CNC1. The number of nitrogens with one attached hydrogen (secondary N) is 1. The molecule has 1 saturated carbocycles. The smallest absolute Gasteiger partial charge is 0.225 e. The van der Waals surface area contributed by atoms with Crippen molar-refractivity contribution < 1.29 is 4.79 Å². The van der Waals surface area contributed by atoms with Crippen LogP contribution in [0.2, 0.25) is 0 Å². The molecular formula is C17H23BrN2O. The first kappa shape index (κ1) is 15.0. The van der Waals surface area contributed by atoms with Crippen LogP contribution in [-0.4, -0.2) is 37.5 Å². The lowest BCUT2D eigenvalue weighted by atomic mass is 9.87. The molecular weight excluding hydrogens is 328 g/mol. The molecule has 1 aliphatic heterocycles. The predicted molar refractivity (Wildman–Crippen MR) is 88.2 cm³/mol. The highest BCUT2D eigenvalue weighted by Gasteiger charge is 2.46. The molecule has 1 N–H and O–H groups in total. The van der Waals surface area contributed by atoms with Crippen LogP contribution in [0.1, 0.15) is 25.3 Å². The molecule has 1 amide bonds. The molecule has 1 saturated heterocycles. The van der Waals surface area contributed by atoms with Crippen LogP contribution in [0, 0.1) is 11.8 Å². The zero-order valence-electron chi connectivity index (χ0n) is 12.7. The Kier molecular flexibility index (Phi) is 4.10. The fraction of sp³-hybridized carbons (Fsp3) is 0.588. The number of carbonyl (C=O) groups excluding carboxylic acids is 1. The first-order chi connectivity index (χ1) is 10.0. The number of halogens is 1. The summed E-state index contributed by atoms with van der Waals surface area (Å²) in [5.74, 6) is 0.949. The van der Waals surface area contributed by atoms with Gasteiger partial charge in [-0.2, -0.15) is 0 Å². The monoisotopic (exact) mass is 350 g/mol. The second-order valence-corrected chi connectivity index (χ2v) is 7.60. The van der Waals surface area contributed by atoms with Crippen molar-refractivity contribution in [3.05, 3.63) is 34.3 Å². The average molecular weight is 351 g/mol. The molecule has 1 unspecified atom stereocenters. The number of benzene rings is 1. The minimum atomic E-state index is 0.136. The number of amides is 1. The first-order valence-electron chi connectivity index (χ1n) is 7.74. The van der Waals surface area contributed by atoms with E-state index in [1.807, 2.05) is 11.9 Å². The van der Waals surface area contributed by atoms with Gasteiger partial charge in [0, 0.05) is 29.4 Å². The van der Waals surface area contributed by atoms with Gasteiger partial charge >= 0.3 is 0 Å². The molecule has 0 radical (unpaired) electrons. The molecule has 1 aromatic carbocycles. The van der Waals surface area contributed by atoms with Gasteiger partial charge in [0.15, 0.2) is 0 Å². The van der Waals surface area contributed by atoms with E-state index in [1.165, 1.54) is 18.4 Å². The first-order valence-corrected chi connectivity index (χ1v) is 8.53. The van der Waals surface area contributed by atoms with E-state index in [0.717, 1.165) is 24.1 Å². The maximum Gasteiger partial charge on any atom is 0.225 e. The van der Waals surface area contributed by atoms with E-state index < -0.39 is 0 Å². The summed E-state index contributed by atoms with van der Waals surface area (Å²) < 4.78 is 1.11. The Morgan fingerprint density at radius 2 is 2.00 bits per heavy atom. The zero-order chi connectivity index (χ0) is 15.0. The van der Waals surface area contributed by atoms with Crippen LogP contribution in [0.15, 0.2) is 28.7 Å². The third-order valence-electron chi connectivity index (χ3n) is 5.14. The second kappa shape index (κ2) is 5.73. The summed E-state index contributed by atoms with van der Waals surface area (Å²) in [5, 5.41) is 3.25. The van der Waals surface area contributed by atoms with Crippen molar-refractivity contribution in [2.24, 2.45) is 11.8 Å². The predicted octanol–water partition coefficient (Wildman–Crippen LogP) is 2.79. The molecule has 2 fully saturated rings. The summed E-state index contributed by atoms with van der Waals surface area (Å²) >= 11 is 3.49.